The molecular weight excluding hydrogens is 536 g/mol. The lowest BCUT2D eigenvalue weighted by atomic mass is 10.2. The molecule has 0 aliphatic heterocycles. The van der Waals surface area contributed by atoms with Crippen LogP contribution in [0, 0.1) is 11.3 Å². The molecule has 0 bridgehead atoms. The molecule has 108 valence electrons. The number of rotatable bonds is 2. The summed E-state index contributed by atoms with van der Waals surface area (Å²) in [5, 5.41) is 9.13. The smallest absolute Gasteiger partial charge is 0.264 e. The second kappa shape index (κ2) is 6.65. The van der Waals surface area contributed by atoms with E-state index in [1.54, 1.807) is 25.3 Å². The van der Waals surface area contributed by atoms with E-state index < -0.39 is 0 Å². The lowest BCUT2D eigenvalue weighted by Crippen LogP contribution is -2.13. The van der Waals surface area contributed by atoms with Crippen LogP contribution in [0.5, 0.6) is 5.75 Å². The van der Waals surface area contributed by atoms with E-state index in [1.807, 2.05) is 6.07 Å². The Kier molecular flexibility index (Phi) is 5.30. The van der Waals surface area contributed by atoms with E-state index in [1.165, 1.54) is 4.57 Å². The molecule has 1 heterocycles. The van der Waals surface area contributed by atoms with Crippen molar-refractivity contribution in [2.24, 2.45) is 0 Å². The lowest BCUT2D eigenvalue weighted by molar-refractivity contribution is 0.0954. The maximum Gasteiger partial charge on any atom is 0.264 e. The molecule has 0 unspecified atom stereocenters. The van der Waals surface area contributed by atoms with Crippen molar-refractivity contribution >= 4 is 69.6 Å². The highest BCUT2D eigenvalue weighted by molar-refractivity contribution is 9.13. The topological polar surface area (TPSA) is 55.0 Å². The van der Waals surface area contributed by atoms with E-state index in [4.69, 9.17) is 10.00 Å². The van der Waals surface area contributed by atoms with Gasteiger partial charge in [-0.15, -0.1) is 0 Å². The van der Waals surface area contributed by atoms with Gasteiger partial charge in [0.2, 0.25) is 0 Å². The van der Waals surface area contributed by atoms with Crippen LogP contribution in [0.4, 0.5) is 0 Å². The van der Waals surface area contributed by atoms with Crippen molar-refractivity contribution < 1.29 is 9.53 Å². The molecule has 8 heteroatoms. The largest absolute Gasteiger partial charge is 0.497 e. The van der Waals surface area contributed by atoms with Gasteiger partial charge in [0, 0.05) is 4.47 Å². The Morgan fingerprint density at radius 3 is 2.38 bits per heavy atom. The van der Waals surface area contributed by atoms with Gasteiger partial charge < -0.3 is 4.74 Å². The van der Waals surface area contributed by atoms with E-state index in [-0.39, 0.29) is 5.91 Å². The molecule has 21 heavy (non-hydrogen) atoms. The third kappa shape index (κ3) is 2.97. The van der Waals surface area contributed by atoms with Crippen LogP contribution in [0.3, 0.4) is 0 Å². The minimum atomic E-state index is -0.287. The van der Waals surface area contributed by atoms with Crippen molar-refractivity contribution in [3.05, 3.63) is 47.5 Å². The fourth-order valence-corrected chi connectivity index (χ4v) is 4.33. The number of benzene rings is 1. The van der Waals surface area contributed by atoms with Gasteiger partial charge in [-0.2, -0.15) is 5.26 Å². The number of aromatic nitrogens is 1. The average molecular weight is 542 g/mol. The molecule has 4 nitrogen and oxygen atoms in total. The minimum Gasteiger partial charge on any atom is -0.497 e. The van der Waals surface area contributed by atoms with E-state index in [0.29, 0.717) is 35.0 Å². The fourth-order valence-electron chi connectivity index (χ4n) is 1.68. The highest BCUT2D eigenvalue weighted by Crippen LogP contribution is 2.36. The number of nitriles is 1. The molecule has 1 aromatic carbocycles. The number of halogens is 4. The zero-order valence-corrected chi connectivity index (χ0v) is 16.8. The van der Waals surface area contributed by atoms with Gasteiger partial charge in [0.05, 0.1) is 17.1 Å². The molecular formula is C13H6Br4N2O2. The molecule has 2 aromatic rings. The molecule has 0 spiro atoms. The summed E-state index contributed by atoms with van der Waals surface area (Å²) in [5.41, 5.74) is 0.795. The van der Waals surface area contributed by atoms with Gasteiger partial charge in [0.25, 0.3) is 5.91 Å². The fraction of sp³-hybridized carbons (Fsp3) is 0.0769. The molecule has 1 aromatic heterocycles. The second-order valence-electron chi connectivity index (χ2n) is 3.87. The summed E-state index contributed by atoms with van der Waals surface area (Å²) >= 11 is 13.2. The van der Waals surface area contributed by atoms with Gasteiger partial charge in [0.15, 0.2) is 0 Å². The summed E-state index contributed by atoms with van der Waals surface area (Å²) in [6, 6.07) is 7.10. The van der Waals surface area contributed by atoms with Crippen LogP contribution >= 0.6 is 63.7 Å². The second-order valence-corrected chi connectivity index (χ2v) is 7.02. The summed E-state index contributed by atoms with van der Waals surface area (Å²) in [7, 11) is 1.55. The molecule has 2 rings (SSSR count). The van der Waals surface area contributed by atoms with E-state index in [2.05, 4.69) is 63.7 Å². The monoisotopic (exact) mass is 538 g/mol. The van der Waals surface area contributed by atoms with Crippen LogP contribution in [-0.4, -0.2) is 17.6 Å². The first-order valence-corrected chi connectivity index (χ1v) is 8.63. The molecule has 0 atom stereocenters. The van der Waals surface area contributed by atoms with E-state index >= 15 is 0 Å². The number of methoxy groups -OCH3 is 1. The Morgan fingerprint density at radius 2 is 1.90 bits per heavy atom. The van der Waals surface area contributed by atoms with E-state index in [0.717, 1.165) is 0 Å². The normalized spacial score (nSPS) is 10.3. The maximum absolute atomic E-state index is 12.7. The highest BCUT2D eigenvalue weighted by atomic mass is 79.9. The van der Waals surface area contributed by atoms with Gasteiger partial charge in [0.1, 0.15) is 26.6 Å². The first-order chi connectivity index (χ1) is 9.92. The van der Waals surface area contributed by atoms with Crippen molar-refractivity contribution in [2.45, 2.75) is 0 Å². The van der Waals surface area contributed by atoms with Gasteiger partial charge in [-0.1, -0.05) is 0 Å². The van der Waals surface area contributed by atoms with Crippen LogP contribution in [0.1, 0.15) is 15.9 Å². The van der Waals surface area contributed by atoms with Crippen LogP contribution in [0.2, 0.25) is 0 Å². The van der Waals surface area contributed by atoms with Gasteiger partial charge in [-0.05, 0) is 81.9 Å². The van der Waals surface area contributed by atoms with Gasteiger partial charge in [-0.25, -0.2) is 0 Å². The van der Waals surface area contributed by atoms with Gasteiger partial charge in [-0.3, -0.25) is 9.36 Å². The molecule has 0 saturated heterocycles. The molecule has 0 amide bonds. The molecule has 0 aliphatic carbocycles. The van der Waals surface area contributed by atoms with Crippen molar-refractivity contribution in [3.8, 4) is 11.8 Å². The third-order valence-corrected chi connectivity index (χ3v) is 6.18. The number of nitrogens with zero attached hydrogens (tertiary/aromatic N) is 2. The molecule has 0 N–H and O–H groups in total. The summed E-state index contributed by atoms with van der Waals surface area (Å²) in [6.07, 6.45) is 0. The zero-order chi connectivity index (χ0) is 15.7. The zero-order valence-electron chi connectivity index (χ0n) is 10.5. The number of hydrogen-bond donors (Lipinski definition) is 0. The van der Waals surface area contributed by atoms with Crippen molar-refractivity contribution in [1.82, 2.24) is 4.57 Å². The first kappa shape index (κ1) is 16.7. The number of hydrogen-bond acceptors (Lipinski definition) is 3. The number of carbonyl (C=O) groups excluding carboxylic acids is 1. The van der Waals surface area contributed by atoms with Crippen LogP contribution in [-0.2, 0) is 0 Å². The first-order valence-electron chi connectivity index (χ1n) is 5.45. The summed E-state index contributed by atoms with van der Waals surface area (Å²) in [4.78, 5) is 12.7. The van der Waals surface area contributed by atoms with Crippen LogP contribution in [0.25, 0.3) is 0 Å². The Hall–Kier alpha value is -0.620. The van der Waals surface area contributed by atoms with Crippen molar-refractivity contribution in [3.63, 3.8) is 0 Å². The Labute approximate surface area is 154 Å². The van der Waals surface area contributed by atoms with E-state index in [9.17, 15) is 4.79 Å². The van der Waals surface area contributed by atoms with Crippen LogP contribution in [0.15, 0.2) is 36.4 Å². The molecule has 0 aliphatic rings. The molecule has 0 fully saturated rings. The Balaban J connectivity index is 2.59. The van der Waals surface area contributed by atoms with Gasteiger partial charge >= 0.3 is 0 Å². The third-order valence-electron chi connectivity index (χ3n) is 2.72. The number of carbonyl (C=O) groups is 1. The summed E-state index contributed by atoms with van der Waals surface area (Å²) in [6.45, 7) is 0. The quantitative estimate of drug-likeness (QED) is 0.531. The Bertz CT molecular complexity index is 777. The number of ether oxygens (including phenoxy) is 1. The van der Waals surface area contributed by atoms with Crippen molar-refractivity contribution in [1.29, 1.82) is 5.26 Å². The lowest BCUT2D eigenvalue weighted by Gasteiger charge is -2.09. The molecule has 0 saturated carbocycles. The maximum atomic E-state index is 12.7. The minimum absolute atomic E-state index is 0.287. The summed E-state index contributed by atoms with van der Waals surface area (Å²) in [5.74, 6) is 0.355. The Morgan fingerprint density at radius 1 is 1.24 bits per heavy atom. The highest BCUT2D eigenvalue weighted by Gasteiger charge is 2.24. The summed E-state index contributed by atoms with van der Waals surface area (Å²) < 4.78 is 8.46. The molecule has 0 radical (unpaired) electrons. The predicted molar refractivity (Wildman–Crippen MR) is 92.7 cm³/mol. The SMILES string of the molecule is COc1ccc(C(=O)n2c(Br)c(Br)c(C#N)c2Br)c(Br)c1. The van der Waals surface area contributed by atoms with Crippen LogP contribution < -0.4 is 4.74 Å². The van der Waals surface area contributed by atoms with Crippen molar-refractivity contribution in [2.75, 3.05) is 7.11 Å². The average Bonchev–Trinajstić information content (AvgIpc) is 2.68. The predicted octanol–water partition coefficient (Wildman–Crippen LogP) is 5.11. The standard InChI is InChI=1S/C13H6Br4N2O2/c1-21-6-2-3-7(9(14)4-6)13(20)19-11(16)8(5-18)10(15)12(19)17/h2-4H,1H3.